The van der Waals surface area contributed by atoms with Gasteiger partial charge in [0.05, 0.1) is 12.6 Å². The van der Waals surface area contributed by atoms with Gasteiger partial charge in [0.1, 0.15) is 17.9 Å². The van der Waals surface area contributed by atoms with Crippen LogP contribution in [-0.4, -0.2) is 103 Å². The normalized spacial score (nSPS) is 19.0. The number of ketones is 4. The van der Waals surface area contributed by atoms with E-state index >= 15 is 0 Å². The van der Waals surface area contributed by atoms with Crippen LogP contribution < -0.4 is 5.32 Å². The van der Waals surface area contributed by atoms with E-state index in [-0.39, 0.29) is 69.5 Å². The lowest BCUT2D eigenvalue weighted by Crippen LogP contribution is -2.55. The Bertz CT molecular complexity index is 1780. The molecule has 1 aliphatic carbocycles. The highest BCUT2D eigenvalue weighted by molar-refractivity contribution is 6.38. The minimum atomic E-state index is -1.05. The molecular formula is C44H65N7O8. The van der Waals surface area contributed by atoms with Gasteiger partial charge >= 0.3 is 6.09 Å². The molecule has 1 aromatic heterocycles. The van der Waals surface area contributed by atoms with Crippen molar-refractivity contribution in [3.05, 3.63) is 41.2 Å². The molecule has 59 heavy (non-hydrogen) atoms. The van der Waals surface area contributed by atoms with Crippen LogP contribution in [0.15, 0.2) is 24.3 Å². The number of Topliss-reactive ketones (excluding diaryl/α,β-unsaturated/α-hetero) is 4. The average molecular weight is 820 g/mol. The Morgan fingerprint density at radius 1 is 0.966 bits per heavy atom. The minimum Gasteiger partial charge on any atom is -0.444 e. The standard InChI is InChI=1S/C43H61N7O8.CH4/c1-6-11-30(40(54)37(53)20-28-16-17-28)21-36(52)35-23-33(58-43(57)49-19-18-29-12-7-8-13-31(29)24-49)25-50(35)42(56)39(27(4)5)44-41(55)34(26(2)3)22-32(51)14-9-10-15-38-45-47-48-46-38;/h7-8,12-13,26-28,30,33-35,39H,6,9-11,14-25H2,1-5H3,(H,44,55)(H,45,46,47,48);1H4/t30?,33-,34-,35?,39+;/m1./s1. The first-order chi connectivity index (χ1) is 27.7. The Kier molecular flexibility index (Phi) is 17.5. The van der Waals surface area contributed by atoms with Gasteiger partial charge in [0.2, 0.25) is 17.6 Å². The number of H-pyrrole nitrogens is 1. The molecule has 2 fully saturated rings. The lowest BCUT2D eigenvalue weighted by Gasteiger charge is -2.32. The van der Waals surface area contributed by atoms with Crippen LogP contribution in [0.5, 0.6) is 0 Å². The number of aromatic nitrogens is 4. The second-order valence-corrected chi connectivity index (χ2v) is 17.1. The number of carbonyl (C=O) groups is 7. The van der Waals surface area contributed by atoms with E-state index in [1.54, 1.807) is 18.7 Å². The van der Waals surface area contributed by atoms with E-state index in [2.05, 4.69) is 25.9 Å². The van der Waals surface area contributed by atoms with Crippen LogP contribution in [-0.2, 0) is 52.9 Å². The molecule has 2 aromatic rings. The molecule has 5 atom stereocenters. The number of aromatic amines is 1. The summed E-state index contributed by atoms with van der Waals surface area (Å²) in [5, 5.41) is 16.7. The minimum absolute atomic E-state index is 0. The van der Waals surface area contributed by atoms with E-state index in [0.29, 0.717) is 57.4 Å². The number of fused-ring (bicyclic) bond motifs is 1. The largest absolute Gasteiger partial charge is 0.444 e. The summed E-state index contributed by atoms with van der Waals surface area (Å²) in [6, 6.07) is 5.82. The summed E-state index contributed by atoms with van der Waals surface area (Å²) in [4.78, 5) is 98.5. The second-order valence-electron chi connectivity index (χ2n) is 17.1. The predicted octanol–water partition coefficient (Wildman–Crippen LogP) is 5.40. The molecule has 3 aliphatic rings. The highest BCUT2D eigenvalue weighted by Crippen LogP contribution is 2.34. The Balaban J connectivity index is 0.00000769. The monoisotopic (exact) mass is 819 g/mol. The quantitative estimate of drug-likeness (QED) is 0.114. The molecule has 15 heteroatoms. The summed E-state index contributed by atoms with van der Waals surface area (Å²) in [5.74, 6) is -3.67. The molecule has 2 N–H and O–H groups in total. The summed E-state index contributed by atoms with van der Waals surface area (Å²) in [6.07, 6.45) is 4.29. The number of rotatable bonds is 22. The number of carbonyl (C=O) groups excluding carboxylic acids is 7. The number of hydrogen-bond acceptors (Lipinski definition) is 11. The molecule has 5 rings (SSSR count). The van der Waals surface area contributed by atoms with Gasteiger partial charge in [-0.3, -0.25) is 28.8 Å². The van der Waals surface area contributed by atoms with Crippen molar-refractivity contribution in [2.45, 2.75) is 150 Å². The molecule has 2 unspecified atom stereocenters. The van der Waals surface area contributed by atoms with E-state index in [0.717, 1.165) is 18.4 Å². The number of nitrogens with one attached hydrogen (secondary N) is 2. The summed E-state index contributed by atoms with van der Waals surface area (Å²) in [5.41, 5.74) is 2.20. The number of nitrogens with zero attached hydrogens (tertiary/aromatic N) is 5. The van der Waals surface area contributed by atoms with Gasteiger partial charge < -0.3 is 19.9 Å². The van der Waals surface area contributed by atoms with Crippen LogP contribution in [0, 0.1) is 29.6 Å². The molecule has 2 aliphatic heterocycles. The molecule has 0 spiro atoms. The molecule has 1 saturated carbocycles. The van der Waals surface area contributed by atoms with Crippen LogP contribution in [0.2, 0.25) is 0 Å². The van der Waals surface area contributed by atoms with Gasteiger partial charge in [0.25, 0.3) is 0 Å². The SMILES string of the molecule is C.CCCC(CC(=O)C1C[C@@H](OC(=O)N2CCc3ccccc3C2)CN1C(=O)[C@@H](NC(=O)[C@H](CC(=O)CCCCc1nn[nH]n1)C(C)C)C(C)C)C(=O)C(=O)CC1CC1. The Morgan fingerprint density at radius 2 is 1.69 bits per heavy atom. The molecule has 3 amide bonds. The molecule has 324 valence electrons. The number of benzene rings is 1. The van der Waals surface area contributed by atoms with Crippen LogP contribution >= 0.6 is 0 Å². The molecule has 0 bridgehead atoms. The third-order valence-corrected chi connectivity index (χ3v) is 11.8. The van der Waals surface area contributed by atoms with Crippen molar-refractivity contribution in [2.75, 3.05) is 13.1 Å². The van der Waals surface area contributed by atoms with Gasteiger partial charge in [-0.15, -0.1) is 10.2 Å². The lowest BCUT2D eigenvalue weighted by atomic mass is 9.87. The number of likely N-dealkylation sites (tertiary alicyclic amines) is 1. The van der Waals surface area contributed by atoms with Crippen LogP contribution in [0.3, 0.4) is 0 Å². The molecular weight excluding hydrogens is 755 g/mol. The highest BCUT2D eigenvalue weighted by atomic mass is 16.6. The Labute approximate surface area is 348 Å². The van der Waals surface area contributed by atoms with Crippen molar-refractivity contribution in [1.29, 1.82) is 0 Å². The summed E-state index contributed by atoms with van der Waals surface area (Å²) in [7, 11) is 0. The van der Waals surface area contributed by atoms with Crippen LogP contribution in [0.25, 0.3) is 0 Å². The molecule has 3 heterocycles. The zero-order valence-corrected chi connectivity index (χ0v) is 34.7. The summed E-state index contributed by atoms with van der Waals surface area (Å²) in [6.45, 7) is 9.96. The average Bonchev–Trinajstić information content (AvgIpc) is 3.66. The third-order valence-electron chi connectivity index (χ3n) is 11.8. The first kappa shape index (κ1) is 46.9. The fraction of sp³-hybridized carbons (Fsp3) is 0.682. The predicted molar refractivity (Wildman–Crippen MR) is 220 cm³/mol. The van der Waals surface area contributed by atoms with E-state index in [4.69, 9.17) is 4.74 Å². The van der Waals surface area contributed by atoms with Gasteiger partial charge in [-0.2, -0.15) is 5.21 Å². The number of tetrazole rings is 1. The van der Waals surface area contributed by atoms with Gasteiger partial charge in [0, 0.05) is 63.5 Å². The number of hydrogen-bond donors (Lipinski definition) is 2. The maximum Gasteiger partial charge on any atom is 0.410 e. The first-order valence-electron chi connectivity index (χ1n) is 21.2. The van der Waals surface area contributed by atoms with E-state index in [1.807, 2.05) is 45.0 Å². The lowest BCUT2D eigenvalue weighted by molar-refractivity contribution is -0.144. The maximum atomic E-state index is 14.6. The van der Waals surface area contributed by atoms with E-state index < -0.39 is 65.4 Å². The molecule has 1 saturated heterocycles. The van der Waals surface area contributed by atoms with Gasteiger partial charge in [-0.25, -0.2) is 4.79 Å². The van der Waals surface area contributed by atoms with Crippen molar-refractivity contribution in [1.82, 2.24) is 35.7 Å². The van der Waals surface area contributed by atoms with Crippen molar-refractivity contribution in [2.24, 2.45) is 29.6 Å². The van der Waals surface area contributed by atoms with Gasteiger partial charge in [-0.1, -0.05) is 77.9 Å². The fourth-order valence-electron chi connectivity index (χ4n) is 8.09. The number of ether oxygens (including phenoxy) is 1. The molecule has 1 aromatic carbocycles. The number of unbranched alkanes of at least 4 members (excludes halogenated alkanes) is 1. The van der Waals surface area contributed by atoms with Crippen LogP contribution in [0.4, 0.5) is 4.79 Å². The fourth-order valence-corrected chi connectivity index (χ4v) is 8.09. The van der Waals surface area contributed by atoms with Crippen molar-refractivity contribution >= 4 is 41.0 Å². The van der Waals surface area contributed by atoms with Gasteiger partial charge in [-0.05, 0) is 67.4 Å². The molecule has 15 nitrogen and oxygen atoms in total. The van der Waals surface area contributed by atoms with Crippen molar-refractivity contribution in [3.63, 3.8) is 0 Å². The topological polar surface area (TPSA) is 202 Å². The summed E-state index contributed by atoms with van der Waals surface area (Å²) >= 11 is 0. The zero-order valence-electron chi connectivity index (χ0n) is 34.7. The van der Waals surface area contributed by atoms with Crippen LogP contribution in [0.1, 0.15) is 130 Å². The van der Waals surface area contributed by atoms with E-state index in [1.165, 1.54) is 10.5 Å². The molecule has 0 radical (unpaired) electrons. The summed E-state index contributed by atoms with van der Waals surface area (Å²) < 4.78 is 5.99. The second kappa shape index (κ2) is 22.0. The maximum absolute atomic E-state index is 14.6. The smallest absolute Gasteiger partial charge is 0.410 e. The van der Waals surface area contributed by atoms with E-state index in [9.17, 15) is 33.6 Å². The van der Waals surface area contributed by atoms with Crippen molar-refractivity contribution < 1.29 is 38.3 Å². The highest BCUT2D eigenvalue weighted by Gasteiger charge is 2.46. The number of aryl methyl sites for hydroxylation is 1. The van der Waals surface area contributed by atoms with Gasteiger partial charge in [0.15, 0.2) is 17.4 Å². The third kappa shape index (κ3) is 13.1. The zero-order chi connectivity index (χ0) is 41.9. The Morgan fingerprint density at radius 3 is 2.34 bits per heavy atom. The first-order valence-corrected chi connectivity index (χ1v) is 21.2. The number of amides is 3. The van der Waals surface area contributed by atoms with Crippen molar-refractivity contribution in [3.8, 4) is 0 Å². The Hall–Kier alpha value is -4.82.